The molecule has 0 N–H and O–H groups in total. The Bertz CT molecular complexity index is 689. The van der Waals surface area contributed by atoms with Crippen molar-refractivity contribution in [1.82, 2.24) is 4.90 Å². The summed E-state index contributed by atoms with van der Waals surface area (Å²) in [6.45, 7) is 5.54. The van der Waals surface area contributed by atoms with Crippen molar-refractivity contribution in [3.05, 3.63) is 43.8 Å². The van der Waals surface area contributed by atoms with Crippen molar-refractivity contribution >= 4 is 46.6 Å². The summed E-state index contributed by atoms with van der Waals surface area (Å²) in [5.41, 5.74) is 0. The highest BCUT2D eigenvalue weighted by Crippen LogP contribution is 2.41. The first kappa shape index (κ1) is 15.8. The van der Waals surface area contributed by atoms with Crippen LogP contribution in [-0.2, 0) is 4.79 Å². The summed E-state index contributed by atoms with van der Waals surface area (Å²) in [7, 11) is 0. The van der Waals surface area contributed by atoms with Crippen molar-refractivity contribution in [1.29, 1.82) is 0 Å². The van der Waals surface area contributed by atoms with Gasteiger partial charge in [0.15, 0.2) is 0 Å². The molecule has 3 heterocycles. The Hall–Kier alpha value is -1.11. The Morgan fingerprint density at radius 3 is 2.68 bits per heavy atom. The Morgan fingerprint density at radius 2 is 2.00 bits per heavy atom. The zero-order valence-corrected chi connectivity index (χ0v) is 15.1. The first-order valence-corrected chi connectivity index (χ1v) is 9.85. The summed E-state index contributed by atoms with van der Waals surface area (Å²) in [6, 6.07) is 8.44. The van der Waals surface area contributed by atoms with Gasteiger partial charge >= 0.3 is 0 Å². The second-order valence-corrected chi connectivity index (χ2v) is 8.89. The number of carbonyl (C=O) groups excluding carboxylic acids is 1. The van der Waals surface area contributed by atoms with Gasteiger partial charge in [-0.25, -0.2) is 0 Å². The summed E-state index contributed by atoms with van der Waals surface area (Å²) in [5, 5.41) is 0.172. The zero-order valence-electron chi connectivity index (χ0n) is 12.6. The average molecular weight is 351 g/mol. The van der Waals surface area contributed by atoms with Gasteiger partial charge in [-0.15, -0.1) is 34.4 Å². The van der Waals surface area contributed by atoms with Crippen LogP contribution >= 0.6 is 34.4 Å². The van der Waals surface area contributed by atoms with Crippen LogP contribution in [0.1, 0.15) is 24.9 Å². The third kappa shape index (κ3) is 3.62. The molecule has 3 rings (SSSR count). The topological polar surface area (TPSA) is 32.7 Å². The molecule has 0 radical (unpaired) electrons. The smallest absolute Gasteiger partial charge is 0.233 e. The van der Waals surface area contributed by atoms with E-state index < -0.39 is 0 Å². The average Bonchev–Trinajstić information content (AvgIpc) is 3.17. The largest absolute Gasteiger partial charge is 0.323 e. The molecule has 1 atom stereocenters. The van der Waals surface area contributed by atoms with Crippen LogP contribution in [-0.4, -0.2) is 35.9 Å². The van der Waals surface area contributed by atoms with Crippen molar-refractivity contribution in [3.63, 3.8) is 0 Å². The molecule has 0 bridgehead atoms. The Kier molecular flexibility index (Phi) is 5.00. The third-order valence-corrected chi connectivity index (χ3v) is 6.80. The van der Waals surface area contributed by atoms with Crippen LogP contribution in [0.15, 0.2) is 29.3 Å². The molecule has 116 valence electrons. The molecule has 2 aromatic heterocycles. The molecular formula is C16H18N2OS3. The van der Waals surface area contributed by atoms with Crippen LogP contribution in [0.4, 0.5) is 0 Å². The van der Waals surface area contributed by atoms with Gasteiger partial charge in [-0.3, -0.25) is 9.79 Å². The summed E-state index contributed by atoms with van der Waals surface area (Å²) < 4.78 is 0. The molecule has 1 fully saturated rings. The molecule has 0 saturated carbocycles. The van der Waals surface area contributed by atoms with Crippen LogP contribution in [0.25, 0.3) is 0 Å². The highest BCUT2D eigenvalue weighted by molar-refractivity contribution is 8.00. The van der Waals surface area contributed by atoms with Gasteiger partial charge in [-0.1, -0.05) is 0 Å². The summed E-state index contributed by atoms with van der Waals surface area (Å²) in [5.74, 6) is 0.804. The maximum atomic E-state index is 12.1. The summed E-state index contributed by atoms with van der Waals surface area (Å²) in [4.78, 5) is 23.6. The van der Waals surface area contributed by atoms with Gasteiger partial charge in [-0.2, -0.15) is 0 Å². The van der Waals surface area contributed by atoms with Gasteiger partial charge in [0.2, 0.25) is 5.91 Å². The van der Waals surface area contributed by atoms with Crippen LogP contribution in [0.2, 0.25) is 0 Å². The van der Waals surface area contributed by atoms with E-state index in [1.165, 1.54) is 19.5 Å². The normalized spacial score (nSPS) is 18.7. The van der Waals surface area contributed by atoms with E-state index in [2.05, 4.69) is 43.1 Å². The SMILES string of the molecule is Cc1ccc(C=NCCN2C(=O)CSC2c2ccc(C)s2)s1. The molecule has 0 aliphatic carbocycles. The predicted molar refractivity (Wildman–Crippen MR) is 97.5 cm³/mol. The van der Waals surface area contributed by atoms with Crippen molar-refractivity contribution in [2.24, 2.45) is 4.99 Å². The minimum atomic E-state index is 0.172. The van der Waals surface area contributed by atoms with Gasteiger partial charge in [0.05, 0.1) is 12.3 Å². The Morgan fingerprint density at radius 1 is 1.23 bits per heavy atom. The maximum Gasteiger partial charge on any atom is 0.233 e. The van der Waals surface area contributed by atoms with E-state index in [1.54, 1.807) is 34.4 Å². The van der Waals surface area contributed by atoms with E-state index in [0.29, 0.717) is 18.8 Å². The van der Waals surface area contributed by atoms with E-state index in [1.807, 2.05) is 11.1 Å². The number of aryl methyl sites for hydroxylation is 2. The molecule has 0 aromatic carbocycles. The molecule has 1 saturated heterocycles. The number of amides is 1. The van der Waals surface area contributed by atoms with Crippen molar-refractivity contribution in [2.45, 2.75) is 19.2 Å². The van der Waals surface area contributed by atoms with Gasteiger partial charge < -0.3 is 4.90 Å². The Balaban J connectivity index is 1.60. The highest BCUT2D eigenvalue weighted by atomic mass is 32.2. The molecular weight excluding hydrogens is 332 g/mol. The predicted octanol–water partition coefficient (Wildman–Crippen LogP) is 4.12. The molecule has 0 spiro atoms. The molecule has 3 nitrogen and oxygen atoms in total. The monoisotopic (exact) mass is 350 g/mol. The number of nitrogens with zero attached hydrogens (tertiary/aromatic N) is 2. The summed E-state index contributed by atoms with van der Waals surface area (Å²) in [6.07, 6.45) is 1.91. The molecule has 22 heavy (non-hydrogen) atoms. The second-order valence-electron chi connectivity index (χ2n) is 5.18. The number of carbonyl (C=O) groups is 1. The lowest BCUT2D eigenvalue weighted by molar-refractivity contribution is -0.127. The van der Waals surface area contributed by atoms with Gasteiger partial charge in [0.1, 0.15) is 5.37 Å². The van der Waals surface area contributed by atoms with Crippen LogP contribution < -0.4 is 0 Å². The van der Waals surface area contributed by atoms with E-state index in [4.69, 9.17) is 0 Å². The first-order valence-electron chi connectivity index (χ1n) is 7.17. The third-order valence-electron chi connectivity index (χ3n) is 3.42. The molecule has 1 aliphatic heterocycles. The van der Waals surface area contributed by atoms with Gasteiger partial charge in [0, 0.05) is 32.3 Å². The van der Waals surface area contributed by atoms with E-state index in [-0.39, 0.29) is 11.3 Å². The minimum absolute atomic E-state index is 0.172. The molecule has 2 aromatic rings. The van der Waals surface area contributed by atoms with Crippen LogP contribution in [0.3, 0.4) is 0 Å². The fourth-order valence-electron chi connectivity index (χ4n) is 2.36. The molecule has 6 heteroatoms. The number of thioether (sulfide) groups is 1. The van der Waals surface area contributed by atoms with Gasteiger partial charge in [0.25, 0.3) is 0 Å². The second kappa shape index (κ2) is 6.98. The number of thiophene rings is 2. The van der Waals surface area contributed by atoms with Crippen LogP contribution in [0, 0.1) is 13.8 Å². The fourth-order valence-corrected chi connectivity index (χ4v) is 5.46. The molecule has 1 unspecified atom stereocenters. The quantitative estimate of drug-likeness (QED) is 0.760. The van der Waals surface area contributed by atoms with Gasteiger partial charge in [-0.05, 0) is 38.1 Å². The number of aliphatic imine (C=N–C) groups is 1. The van der Waals surface area contributed by atoms with E-state index >= 15 is 0 Å². The number of hydrogen-bond acceptors (Lipinski definition) is 5. The van der Waals surface area contributed by atoms with Crippen molar-refractivity contribution in [2.75, 3.05) is 18.8 Å². The molecule has 1 amide bonds. The van der Waals surface area contributed by atoms with Crippen molar-refractivity contribution < 1.29 is 4.79 Å². The number of rotatable bonds is 5. The van der Waals surface area contributed by atoms with E-state index in [9.17, 15) is 4.79 Å². The van der Waals surface area contributed by atoms with Crippen LogP contribution in [0.5, 0.6) is 0 Å². The maximum absolute atomic E-state index is 12.1. The first-order chi connectivity index (χ1) is 10.6. The zero-order chi connectivity index (χ0) is 15.5. The summed E-state index contributed by atoms with van der Waals surface area (Å²) >= 11 is 5.24. The lowest BCUT2D eigenvalue weighted by Crippen LogP contribution is -2.30. The fraction of sp³-hybridized carbons (Fsp3) is 0.375. The molecule has 1 aliphatic rings. The highest BCUT2D eigenvalue weighted by Gasteiger charge is 2.33. The van der Waals surface area contributed by atoms with Crippen molar-refractivity contribution in [3.8, 4) is 0 Å². The number of hydrogen-bond donors (Lipinski definition) is 0. The lowest BCUT2D eigenvalue weighted by Gasteiger charge is -2.22. The standard InChI is InChI=1S/C16H18N2OS3/c1-11-3-5-13(21-11)9-17-7-8-18-15(19)10-20-16(18)14-6-4-12(2)22-14/h3-6,9,16H,7-8,10H2,1-2H3. The lowest BCUT2D eigenvalue weighted by atomic mass is 10.3. The van der Waals surface area contributed by atoms with E-state index in [0.717, 1.165) is 0 Å². The minimum Gasteiger partial charge on any atom is -0.323 e. The Labute approximate surface area is 143 Å².